The van der Waals surface area contributed by atoms with Gasteiger partial charge in [0.25, 0.3) is 0 Å². The van der Waals surface area contributed by atoms with Crippen LogP contribution < -0.4 is 32.5 Å². The molecule has 0 aliphatic heterocycles. The Kier molecular flexibility index (Phi) is 12.5. The lowest BCUT2D eigenvalue weighted by Gasteiger charge is -2.24. The van der Waals surface area contributed by atoms with Gasteiger partial charge in [-0.15, -0.1) is 0 Å². The molecule has 0 unspecified atom stereocenters. The number of ether oxygens (including phenoxy) is 1. The molecule has 216 valence electrons. The van der Waals surface area contributed by atoms with Gasteiger partial charge in [-0.2, -0.15) is 4.98 Å². The maximum Gasteiger partial charge on any atom is 0.410 e. The summed E-state index contributed by atoms with van der Waals surface area (Å²) in [5.74, 6) is 13.0. The van der Waals surface area contributed by atoms with Crippen LogP contribution in [0.25, 0.3) is 0 Å². The molecule has 0 saturated carbocycles. The van der Waals surface area contributed by atoms with Crippen LogP contribution in [0.15, 0.2) is 42.9 Å². The first-order valence-electron chi connectivity index (χ1n) is 13.1. The van der Waals surface area contributed by atoms with E-state index >= 15 is 0 Å². The van der Waals surface area contributed by atoms with E-state index in [0.717, 1.165) is 24.3 Å². The van der Waals surface area contributed by atoms with E-state index in [4.69, 9.17) is 16.3 Å². The minimum atomic E-state index is -0.615. The van der Waals surface area contributed by atoms with E-state index in [1.807, 2.05) is 24.3 Å². The molecule has 12 heteroatoms. The van der Waals surface area contributed by atoms with Crippen LogP contribution in [0.4, 0.5) is 27.9 Å². The van der Waals surface area contributed by atoms with E-state index < -0.39 is 11.7 Å². The second-order valence-corrected chi connectivity index (χ2v) is 9.90. The predicted molar refractivity (Wildman–Crippen MR) is 159 cm³/mol. The number of rotatable bonds is 12. The number of carbonyl (C=O) groups excluding carboxylic acids is 2. The fraction of sp³-hybridized carbons (Fsp3) is 0.429. The zero-order chi connectivity index (χ0) is 29.5. The van der Waals surface area contributed by atoms with Gasteiger partial charge in [0, 0.05) is 44.6 Å². The van der Waals surface area contributed by atoms with Gasteiger partial charge in [-0.25, -0.2) is 15.6 Å². The van der Waals surface area contributed by atoms with Crippen molar-refractivity contribution in [2.75, 3.05) is 42.3 Å². The quantitative estimate of drug-likeness (QED) is 0.114. The Hall–Kier alpha value is -4.50. The first-order chi connectivity index (χ1) is 19.0. The number of amides is 2. The van der Waals surface area contributed by atoms with E-state index in [2.05, 4.69) is 44.7 Å². The second kappa shape index (κ2) is 15.8. The molecule has 0 fully saturated rings. The first kappa shape index (κ1) is 31.7. The van der Waals surface area contributed by atoms with Crippen molar-refractivity contribution >= 4 is 35.1 Å². The van der Waals surface area contributed by atoms with Crippen molar-refractivity contribution in [2.24, 2.45) is 11.6 Å². The maximum atomic E-state index is 12.1. The number of nitrogens with zero attached hydrogens (tertiary/aromatic N) is 4. The molecule has 2 aromatic rings. The van der Waals surface area contributed by atoms with Crippen molar-refractivity contribution in [3.63, 3.8) is 0 Å². The lowest BCUT2D eigenvalue weighted by molar-refractivity contribution is -0.122. The molecule has 0 aliphatic rings. The zero-order valence-electron chi connectivity index (χ0n) is 24.0. The van der Waals surface area contributed by atoms with Crippen LogP contribution in [0.1, 0.15) is 52.5 Å². The van der Waals surface area contributed by atoms with Gasteiger partial charge < -0.3 is 31.3 Å². The predicted octanol–water partition coefficient (Wildman–Crippen LogP) is 3.27. The number of nitrogens with two attached hydrogens (primary N) is 2. The van der Waals surface area contributed by atoms with Crippen LogP contribution in [-0.2, 0) is 9.53 Å². The number of hydrogen-bond acceptors (Lipinski definition) is 10. The second-order valence-electron chi connectivity index (χ2n) is 9.90. The fourth-order valence-corrected chi connectivity index (χ4v) is 3.20. The van der Waals surface area contributed by atoms with E-state index in [1.54, 1.807) is 33.2 Å². The summed E-state index contributed by atoms with van der Waals surface area (Å²) in [7, 11) is 1.53. The Morgan fingerprint density at radius 2 is 2.00 bits per heavy atom. The average molecular weight is 552 g/mol. The lowest BCUT2D eigenvalue weighted by atomic mass is 10.2. The van der Waals surface area contributed by atoms with Gasteiger partial charge in [0.05, 0.1) is 17.4 Å². The molecule has 0 spiro atoms. The average Bonchev–Trinajstić information content (AvgIpc) is 2.89. The van der Waals surface area contributed by atoms with Crippen molar-refractivity contribution in [1.29, 1.82) is 0 Å². The Bertz CT molecular complexity index is 1220. The molecule has 7 N–H and O–H groups in total. The summed E-state index contributed by atoms with van der Waals surface area (Å²) < 4.78 is 5.25. The van der Waals surface area contributed by atoms with Gasteiger partial charge >= 0.3 is 6.09 Å². The summed E-state index contributed by atoms with van der Waals surface area (Å²) in [6.07, 6.45) is 6.18. The topological polar surface area (TPSA) is 164 Å². The molecule has 0 atom stereocenters. The number of benzene rings is 1. The highest BCUT2D eigenvalue weighted by Gasteiger charge is 2.20. The van der Waals surface area contributed by atoms with Gasteiger partial charge in [0.2, 0.25) is 11.9 Å². The van der Waals surface area contributed by atoms with Crippen LogP contribution in [0.3, 0.4) is 0 Å². The van der Waals surface area contributed by atoms with Gasteiger partial charge in [0.15, 0.2) is 0 Å². The van der Waals surface area contributed by atoms with Crippen molar-refractivity contribution < 1.29 is 14.3 Å². The van der Waals surface area contributed by atoms with Crippen LogP contribution in [0, 0.1) is 11.8 Å². The number of hydrazine groups is 1. The number of likely N-dealkylation sites (N-methyl/N-ethyl adjacent to an activating group) is 1. The first-order valence-corrected chi connectivity index (χ1v) is 13.1. The summed E-state index contributed by atoms with van der Waals surface area (Å²) in [4.78, 5) is 34.4. The van der Waals surface area contributed by atoms with E-state index in [0.29, 0.717) is 36.7 Å². The summed E-state index contributed by atoms with van der Waals surface area (Å²) in [5, 5.41) is 10.7. The standard InChI is InChI=1S/C28H41N9O3/c1-6-15-32-25-21(11-8-7-9-16-31-24(38)20-36(5)27(39)40-28(2,3)4)19-33-26(35-25)34-22-12-10-13-23(18-22)37(30)17-14-29/h10,12-14,17-19H,6-7,9,15-16,20,29-30H2,1-5H3,(H,31,38)(H2,32,33,34,35)/b17-14-. The fourth-order valence-electron chi connectivity index (χ4n) is 3.20. The lowest BCUT2D eigenvalue weighted by Crippen LogP contribution is -2.41. The highest BCUT2D eigenvalue weighted by Crippen LogP contribution is 2.21. The van der Waals surface area contributed by atoms with Crippen LogP contribution >= 0.6 is 0 Å². The number of carbonyl (C=O) groups is 2. The van der Waals surface area contributed by atoms with Gasteiger partial charge in [-0.05, 0) is 51.8 Å². The van der Waals surface area contributed by atoms with Gasteiger partial charge in [0.1, 0.15) is 18.0 Å². The third-order valence-electron chi connectivity index (χ3n) is 5.09. The molecule has 0 radical (unpaired) electrons. The molecule has 1 aromatic heterocycles. The molecule has 2 amide bonds. The summed E-state index contributed by atoms with van der Waals surface area (Å²) in [5.41, 5.74) is 6.99. The zero-order valence-corrected chi connectivity index (χ0v) is 24.0. The van der Waals surface area contributed by atoms with Crippen molar-refractivity contribution in [3.8, 4) is 11.8 Å². The largest absolute Gasteiger partial charge is 0.444 e. The molecule has 12 nitrogen and oxygen atoms in total. The molecule has 1 aromatic carbocycles. The van der Waals surface area contributed by atoms with E-state index in [1.165, 1.54) is 23.2 Å². The number of aromatic nitrogens is 2. The van der Waals surface area contributed by atoms with Crippen molar-refractivity contribution in [2.45, 2.75) is 52.6 Å². The van der Waals surface area contributed by atoms with Crippen molar-refractivity contribution in [3.05, 3.63) is 48.4 Å². The SMILES string of the molecule is CCCNc1nc(Nc2cccc(N(N)/C=C\N)c2)ncc1C#CCCCNC(=O)CN(C)C(=O)OC(C)(C)C. The van der Waals surface area contributed by atoms with E-state index in [-0.39, 0.29) is 12.5 Å². The summed E-state index contributed by atoms with van der Waals surface area (Å²) >= 11 is 0. The normalized spacial score (nSPS) is 10.8. The highest BCUT2D eigenvalue weighted by molar-refractivity contribution is 5.82. The molecular formula is C28H41N9O3. The van der Waals surface area contributed by atoms with Crippen molar-refractivity contribution in [1.82, 2.24) is 20.2 Å². The molecule has 0 bridgehead atoms. The van der Waals surface area contributed by atoms with Crippen LogP contribution in [0.2, 0.25) is 0 Å². The number of hydrogen-bond donors (Lipinski definition) is 5. The highest BCUT2D eigenvalue weighted by atomic mass is 16.6. The van der Waals surface area contributed by atoms with E-state index in [9.17, 15) is 9.59 Å². The van der Waals surface area contributed by atoms with Crippen LogP contribution in [-0.4, -0.2) is 59.2 Å². The summed E-state index contributed by atoms with van der Waals surface area (Å²) in [6.45, 7) is 8.49. The number of nitrogens with one attached hydrogen (secondary N) is 3. The Labute approximate surface area is 236 Å². The summed E-state index contributed by atoms with van der Waals surface area (Å²) in [6, 6.07) is 7.45. The monoisotopic (exact) mass is 551 g/mol. The Balaban J connectivity index is 1.93. The number of unbranched alkanes of at least 4 members (excludes halogenated alkanes) is 1. The van der Waals surface area contributed by atoms with Gasteiger partial charge in [-0.1, -0.05) is 24.8 Å². The number of anilines is 4. The third kappa shape index (κ3) is 11.5. The molecule has 0 saturated heterocycles. The minimum Gasteiger partial charge on any atom is -0.444 e. The Morgan fingerprint density at radius 1 is 1.23 bits per heavy atom. The van der Waals surface area contributed by atoms with Crippen LogP contribution in [0.5, 0.6) is 0 Å². The minimum absolute atomic E-state index is 0.0791. The molecular weight excluding hydrogens is 510 g/mol. The molecule has 0 aliphatic carbocycles. The molecule has 2 rings (SSSR count). The maximum absolute atomic E-state index is 12.1. The smallest absolute Gasteiger partial charge is 0.410 e. The Morgan fingerprint density at radius 3 is 2.70 bits per heavy atom. The molecule has 1 heterocycles. The molecule has 40 heavy (non-hydrogen) atoms. The third-order valence-corrected chi connectivity index (χ3v) is 5.09. The van der Waals surface area contributed by atoms with Gasteiger partial charge in [-0.3, -0.25) is 9.80 Å².